The zero-order valence-corrected chi connectivity index (χ0v) is 9.35. The fourth-order valence-corrected chi connectivity index (χ4v) is 1.48. The average Bonchev–Trinajstić information content (AvgIpc) is 2.36. The topological polar surface area (TPSA) is 38.8 Å². The van der Waals surface area contributed by atoms with E-state index in [9.17, 15) is 9.18 Å². The Balaban J connectivity index is 2.05. The van der Waals surface area contributed by atoms with Crippen molar-refractivity contribution in [1.82, 2.24) is 5.06 Å². The second-order valence-electron chi connectivity index (χ2n) is 3.54. The van der Waals surface area contributed by atoms with Gasteiger partial charge in [0.25, 0.3) is 0 Å². The lowest BCUT2D eigenvalue weighted by molar-refractivity contribution is -0.187. The van der Waals surface area contributed by atoms with Crippen LogP contribution in [0.4, 0.5) is 4.39 Å². The van der Waals surface area contributed by atoms with Crippen LogP contribution in [0.25, 0.3) is 0 Å². The number of carbonyl (C=O) groups excluding carboxylic acids is 1. The molecule has 0 atom stereocenters. The molecule has 5 heteroatoms. The first-order valence-corrected chi connectivity index (χ1v) is 5.14. The molecule has 4 nitrogen and oxygen atoms in total. The lowest BCUT2D eigenvalue weighted by Crippen LogP contribution is -2.34. The van der Waals surface area contributed by atoms with Gasteiger partial charge in [0.15, 0.2) is 5.83 Å². The van der Waals surface area contributed by atoms with Crippen molar-refractivity contribution < 1.29 is 18.8 Å². The lowest BCUT2D eigenvalue weighted by atomic mass is 10.2. The molecular formula is C12H12FNO3. The fraction of sp³-hybridized carbons (Fsp3) is 0.250. The van der Waals surface area contributed by atoms with E-state index in [1.165, 1.54) is 0 Å². The number of hydrogen-bond acceptors (Lipinski definition) is 3. The number of carbonyl (C=O) groups is 1. The maximum absolute atomic E-state index is 13.0. The molecule has 0 saturated heterocycles. The van der Waals surface area contributed by atoms with E-state index in [4.69, 9.17) is 9.57 Å². The maximum Gasteiger partial charge on any atom is 0.306 e. The minimum Gasteiger partial charge on any atom is -0.497 e. The van der Waals surface area contributed by atoms with Gasteiger partial charge in [-0.15, -0.1) is 0 Å². The molecule has 0 saturated carbocycles. The average molecular weight is 237 g/mol. The predicted octanol–water partition coefficient (Wildman–Crippen LogP) is 1.82. The molecule has 0 N–H and O–H groups in total. The molecule has 90 valence electrons. The molecule has 1 aliphatic heterocycles. The molecule has 2 rings (SSSR count). The Hall–Kier alpha value is -1.88. The summed E-state index contributed by atoms with van der Waals surface area (Å²) in [6.07, 6.45) is 1.12. The van der Waals surface area contributed by atoms with Gasteiger partial charge < -0.3 is 4.74 Å². The van der Waals surface area contributed by atoms with E-state index in [2.05, 4.69) is 0 Å². The lowest BCUT2D eigenvalue weighted by Gasteiger charge is -2.23. The van der Waals surface area contributed by atoms with Crippen molar-refractivity contribution in [2.45, 2.75) is 6.54 Å². The Morgan fingerprint density at radius 2 is 2.12 bits per heavy atom. The summed E-state index contributed by atoms with van der Waals surface area (Å²) >= 11 is 0. The van der Waals surface area contributed by atoms with Gasteiger partial charge in [0.2, 0.25) is 0 Å². The second-order valence-corrected chi connectivity index (χ2v) is 3.54. The maximum atomic E-state index is 13.0. The van der Waals surface area contributed by atoms with Crippen LogP contribution in [-0.2, 0) is 16.2 Å². The number of hydrogen-bond donors (Lipinski definition) is 0. The standard InChI is InChI=1S/C12H12FNO3/c1-16-10-4-2-9(3-5-10)8-14-12(15)11(13)6-7-17-14/h2-6H,7-8H2,1H3. The Morgan fingerprint density at radius 1 is 1.41 bits per heavy atom. The largest absolute Gasteiger partial charge is 0.497 e. The highest BCUT2D eigenvalue weighted by Gasteiger charge is 2.23. The fourth-order valence-electron chi connectivity index (χ4n) is 1.48. The first kappa shape index (κ1) is 11.6. The highest BCUT2D eigenvalue weighted by Crippen LogP contribution is 2.16. The third-order valence-electron chi connectivity index (χ3n) is 2.41. The van der Waals surface area contributed by atoms with E-state index in [0.29, 0.717) is 0 Å². The molecule has 1 amide bonds. The molecule has 0 bridgehead atoms. The summed E-state index contributed by atoms with van der Waals surface area (Å²) in [6, 6.07) is 7.14. The zero-order valence-electron chi connectivity index (χ0n) is 9.35. The van der Waals surface area contributed by atoms with E-state index in [1.54, 1.807) is 31.4 Å². The van der Waals surface area contributed by atoms with Crippen LogP contribution in [-0.4, -0.2) is 24.7 Å². The van der Waals surface area contributed by atoms with Gasteiger partial charge >= 0.3 is 5.91 Å². The molecule has 1 aliphatic rings. The van der Waals surface area contributed by atoms with Crippen molar-refractivity contribution in [3.63, 3.8) is 0 Å². The zero-order chi connectivity index (χ0) is 12.3. The molecule has 0 radical (unpaired) electrons. The van der Waals surface area contributed by atoms with Crippen LogP contribution < -0.4 is 4.74 Å². The van der Waals surface area contributed by atoms with Crippen molar-refractivity contribution in [2.24, 2.45) is 0 Å². The third kappa shape index (κ3) is 2.62. The van der Waals surface area contributed by atoms with Crippen LogP contribution >= 0.6 is 0 Å². The Morgan fingerprint density at radius 3 is 2.76 bits per heavy atom. The number of halogens is 1. The van der Waals surface area contributed by atoms with E-state index in [1.807, 2.05) is 0 Å². The van der Waals surface area contributed by atoms with Gasteiger partial charge in [-0.25, -0.2) is 9.45 Å². The van der Waals surface area contributed by atoms with Gasteiger partial charge in [0.05, 0.1) is 20.3 Å². The first-order chi connectivity index (χ1) is 8.20. The number of hydroxylamine groups is 2. The van der Waals surface area contributed by atoms with Gasteiger partial charge in [-0.1, -0.05) is 12.1 Å². The molecule has 0 fully saturated rings. The molecule has 0 aromatic heterocycles. The van der Waals surface area contributed by atoms with Gasteiger partial charge in [-0.2, -0.15) is 0 Å². The van der Waals surface area contributed by atoms with E-state index >= 15 is 0 Å². The number of amides is 1. The normalized spacial score (nSPS) is 15.8. The highest BCUT2D eigenvalue weighted by atomic mass is 19.1. The minimum absolute atomic E-state index is 0.0771. The van der Waals surface area contributed by atoms with E-state index < -0.39 is 11.7 Å². The molecule has 0 spiro atoms. The smallest absolute Gasteiger partial charge is 0.306 e. The Kier molecular flexibility index (Phi) is 3.39. The second kappa shape index (κ2) is 4.97. The van der Waals surface area contributed by atoms with Crippen LogP contribution in [0.3, 0.4) is 0 Å². The van der Waals surface area contributed by atoms with Gasteiger partial charge in [-0.05, 0) is 23.8 Å². The molecular weight excluding hydrogens is 225 g/mol. The SMILES string of the molecule is COc1ccc(CN2OCC=C(F)C2=O)cc1. The van der Waals surface area contributed by atoms with E-state index in [-0.39, 0.29) is 13.2 Å². The highest BCUT2D eigenvalue weighted by molar-refractivity contribution is 5.90. The van der Waals surface area contributed by atoms with Crippen molar-refractivity contribution in [3.8, 4) is 5.75 Å². The Bertz CT molecular complexity index is 442. The van der Waals surface area contributed by atoms with Crippen LogP contribution in [0.2, 0.25) is 0 Å². The van der Waals surface area contributed by atoms with Crippen molar-refractivity contribution in [3.05, 3.63) is 41.7 Å². The van der Waals surface area contributed by atoms with Gasteiger partial charge in [0, 0.05) is 0 Å². The number of ether oxygens (including phenoxy) is 1. The summed E-state index contributed by atoms with van der Waals surface area (Å²) in [5, 5.41) is 1.01. The molecule has 0 unspecified atom stereocenters. The predicted molar refractivity (Wildman–Crippen MR) is 58.7 cm³/mol. The summed E-state index contributed by atoms with van der Waals surface area (Å²) in [5.41, 5.74) is 0.842. The first-order valence-electron chi connectivity index (χ1n) is 5.14. The molecule has 1 heterocycles. The summed E-state index contributed by atoms with van der Waals surface area (Å²) in [4.78, 5) is 16.4. The Labute approximate surface area is 98.2 Å². The molecule has 0 aliphatic carbocycles. The number of rotatable bonds is 3. The third-order valence-corrected chi connectivity index (χ3v) is 2.41. The van der Waals surface area contributed by atoms with Crippen LogP contribution in [0.15, 0.2) is 36.2 Å². The van der Waals surface area contributed by atoms with Crippen LogP contribution in [0, 0.1) is 0 Å². The van der Waals surface area contributed by atoms with Gasteiger partial charge in [-0.3, -0.25) is 9.63 Å². The molecule has 1 aromatic rings. The van der Waals surface area contributed by atoms with Crippen molar-refractivity contribution >= 4 is 5.91 Å². The molecule has 17 heavy (non-hydrogen) atoms. The quantitative estimate of drug-likeness (QED) is 0.805. The van der Waals surface area contributed by atoms with Gasteiger partial charge in [0.1, 0.15) is 5.75 Å². The summed E-state index contributed by atoms with van der Waals surface area (Å²) in [7, 11) is 1.58. The number of nitrogens with zero attached hydrogens (tertiary/aromatic N) is 1. The number of benzene rings is 1. The van der Waals surface area contributed by atoms with E-state index in [0.717, 1.165) is 22.5 Å². The molecule has 1 aromatic carbocycles. The van der Waals surface area contributed by atoms with Crippen molar-refractivity contribution in [2.75, 3.05) is 13.7 Å². The summed E-state index contributed by atoms with van der Waals surface area (Å²) in [5.74, 6) is -0.789. The van der Waals surface area contributed by atoms with Crippen LogP contribution in [0.1, 0.15) is 5.56 Å². The monoisotopic (exact) mass is 237 g/mol. The van der Waals surface area contributed by atoms with Crippen LogP contribution in [0.5, 0.6) is 5.75 Å². The van der Waals surface area contributed by atoms with Crippen molar-refractivity contribution in [1.29, 1.82) is 0 Å². The summed E-state index contributed by atoms with van der Waals surface area (Å²) < 4.78 is 18.0. The number of methoxy groups -OCH3 is 1. The minimum atomic E-state index is -0.773. The summed E-state index contributed by atoms with van der Waals surface area (Å²) in [6.45, 7) is 0.289.